The molecular formula is C6H18N2O2. The molecule has 0 aromatic heterocycles. The van der Waals surface area contributed by atoms with Gasteiger partial charge in [0.25, 0.3) is 0 Å². The summed E-state index contributed by atoms with van der Waals surface area (Å²) in [6, 6.07) is 1.05. The first-order valence-electron chi connectivity index (χ1n) is 3.34. The predicted molar refractivity (Wildman–Crippen MR) is 41.8 cm³/mol. The molecule has 0 aliphatic rings. The molecule has 0 rings (SSSR count). The van der Waals surface area contributed by atoms with Crippen LogP contribution in [0.3, 0.4) is 0 Å². The first-order valence-corrected chi connectivity index (χ1v) is 3.34. The van der Waals surface area contributed by atoms with Crippen molar-refractivity contribution in [2.45, 2.75) is 39.8 Å². The maximum atomic E-state index is 6.00. The molecule has 10 heavy (non-hydrogen) atoms. The van der Waals surface area contributed by atoms with Crippen LogP contribution in [0.2, 0.25) is 0 Å². The highest BCUT2D eigenvalue weighted by Crippen LogP contribution is 1.74. The van der Waals surface area contributed by atoms with E-state index in [0.29, 0.717) is 12.1 Å². The van der Waals surface area contributed by atoms with Crippen LogP contribution in [0, 0.1) is 0 Å². The van der Waals surface area contributed by atoms with Crippen LogP contribution in [0.25, 0.3) is 0 Å². The first kappa shape index (κ1) is 12.5. The molecule has 0 aliphatic heterocycles. The van der Waals surface area contributed by atoms with E-state index in [0.717, 1.165) is 0 Å². The van der Waals surface area contributed by atoms with Gasteiger partial charge in [-0.3, -0.25) is 21.4 Å². The lowest BCUT2D eigenvalue weighted by molar-refractivity contribution is -0.176. The molecule has 0 saturated carbocycles. The highest BCUT2D eigenvalue weighted by molar-refractivity contribution is 4.50. The minimum atomic E-state index is 0.525. The van der Waals surface area contributed by atoms with Crippen molar-refractivity contribution in [1.82, 2.24) is 10.9 Å². The third kappa shape index (κ3) is 15.7. The zero-order valence-electron chi connectivity index (χ0n) is 7.05. The van der Waals surface area contributed by atoms with E-state index < -0.39 is 0 Å². The van der Waals surface area contributed by atoms with Gasteiger partial charge in [0, 0.05) is 12.1 Å². The van der Waals surface area contributed by atoms with Crippen LogP contribution >= 0.6 is 0 Å². The molecule has 0 saturated heterocycles. The lowest BCUT2D eigenvalue weighted by atomic mass is 10.4. The molecule has 0 atom stereocenters. The van der Waals surface area contributed by atoms with E-state index in [1.807, 2.05) is 0 Å². The summed E-state index contributed by atoms with van der Waals surface area (Å²) in [4.78, 5) is 0. The summed E-state index contributed by atoms with van der Waals surface area (Å²) in [7, 11) is 0. The summed E-state index contributed by atoms with van der Waals surface area (Å²) in [5, 5.41) is 12.0. The van der Waals surface area contributed by atoms with Crippen molar-refractivity contribution in [3.05, 3.63) is 0 Å². The van der Waals surface area contributed by atoms with Crippen molar-refractivity contribution >= 4 is 0 Å². The Hall–Kier alpha value is -0.160. The molecule has 4 N–H and O–H groups in total. The Labute approximate surface area is 62.2 Å². The lowest BCUT2D eigenvalue weighted by Gasteiger charge is -2.11. The number of hydrogen-bond acceptors (Lipinski definition) is 4. The van der Waals surface area contributed by atoms with E-state index in [9.17, 15) is 0 Å². The second-order valence-corrected chi connectivity index (χ2v) is 2.60. The van der Waals surface area contributed by atoms with Gasteiger partial charge in [-0.05, 0) is 27.7 Å². The zero-order chi connectivity index (χ0) is 8.57. The summed E-state index contributed by atoms with van der Waals surface area (Å²) in [5.74, 6) is 0. The molecule has 0 amide bonds. The fourth-order valence-corrected chi connectivity index (χ4v) is 0.333. The minimum absolute atomic E-state index is 0.525. The van der Waals surface area contributed by atoms with Crippen LogP contribution in [0.4, 0.5) is 0 Å². The SMILES string of the molecule is CC(C)NNC(C)C.OO. The van der Waals surface area contributed by atoms with Crippen LogP contribution in [-0.4, -0.2) is 22.6 Å². The molecular weight excluding hydrogens is 132 g/mol. The van der Waals surface area contributed by atoms with Gasteiger partial charge < -0.3 is 0 Å². The summed E-state index contributed by atoms with van der Waals surface area (Å²) < 4.78 is 0. The van der Waals surface area contributed by atoms with E-state index in [1.165, 1.54) is 0 Å². The highest BCUT2D eigenvalue weighted by atomic mass is 17.0. The summed E-state index contributed by atoms with van der Waals surface area (Å²) >= 11 is 0. The van der Waals surface area contributed by atoms with Gasteiger partial charge in [0.05, 0.1) is 0 Å². The standard InChI is InChI=1S/C6H16N2.H2O2/c1-5(2)7-8-6(3)4;1-2/h5-8H,1-4H3;1-2H. The van der Waals surface area contributed by atoms with Crippen molar-refractivity contribution in [1.29, 1.82) is 0 Å². The molecule has 0 fully saturated rings. The second kappa shape index (κ2) is 8.84. The van der Waals surface area contributed by atoms with Crippen molar-refractivity contribution in [3.63, 3.8) is 0 Å². The van der Waals surface area contributed by atoms with Crippen LogP contribution in [0.5, 0.6) is 0 Å². The van der Waals surface area contributed by atoms with Gasteiger partial charge in [-0.1, -0.05) is 0 Å². The molecule has 0 radical (unpaired) electrons. The molecule has 0 bridgehead atoms. The molecule has 4 heteroatoms. The third-order valence-electron chi connectivity index (χ3n) is 0.661. The fourth-order valence-electron chi connectivity index (χ4n) is 0.333. The fraction of sp³-hybridized carbons (Fsp3) is 1.00. The Kier molecular flexibility index (Phi) is 11.1. The minimum Gasteiger partial charge on any atom is -0.255 e. The topological polar surface area (TPSA) is 64.5 Å². The molecule has 0 heterocycles. The third-order valence-corrected chi connectivity index (χ3v) is 0.661. The largest absolute Gasteiger partial charge is 0.255 e. The van der Waals surface area contributed by atoms with Crippen molar-refractivity contribution < 1.29 is 10.5 Å². The van der Waals surface area contributed by atoms with Gasteiger partial charge in [0.15, 0.2) is 0 Å². The maximum absolute atomic E-state index is 6.00. The zero-order valence-corrected chi connectivity index (χ0v) is 7.05. The highest BCUT2D eigenvalue weighted by Gasteiger charge is 1.91. The molecule has 64 valence electrons. The number of hydrazine groups is 1. The lowest BCUT2D eigenvalue weighted by Crippen LogP contribution is -2.41. The van der Waals surface area contributed by atoms with Crippen molar-refractivity contribution in [3.8, 4) is 0 Å². The number of rotatable bonds is 3. The smallest absolute Gasteiger partial charge is 0.0156 e. The second-order valence-electron chi connectivity index (χ2n) is 2.60. The van der Waals surface area contributed by atoms with Crippen LogP contribution in [0.15, 0.2) is 0 Å². The Bertz CT molecular complexity index is 49.7. The quantitative estimate of drug-likeness (QED) is 0.357. The predicted octanol–water partition coefficient (Wildman–Crippen LogP) is 0.915. The summed E-state index contributed by atoms with van der Waals surface area (Å²) in [6.45, 7) is 8.43. The molecule has 4 nitrogen and oxygen atoms in total. The van der Waals surface area contributed by atoms with Crippen molar-refractivity contribution in [2.24, 2.45) is 0 Å². The molecule has 0 spiro atoms. The van der Waals surface area contributed by atoms with Gasteiger partial charge in [0.1, 0.15) is 0 Å². The number of hydrogen-bond donors (Lipinski definition) is 4. The molecule has 0 aromatic carbocycles. The van der Waals surface area contributed by atoms with Gasteiger partial charge >= 0.3 is 0 Å². The van der Waals surface area contributed by atoms with Crippen LogP contribution in [-0.2, 0) is 0 Å². The van der Waals surface area contributed by atoms with Gasteiger partial charge in [-0.2, -0.15) is 0 Å². The monoisotopic (exact) mass is 150 g/mol. The van der Waals surface area contributed by atoms with E-state index in [1.54, 1.807) is 0 Å². The Morgan fingerprint density at radius 3 is 1.10 bits per heavy atom. The number of nitrogens with one attached hydrogen (secondary N) is 2. The maximum Gasteiger partial charge on any atom is 0.0156 e. The average molecular weight is 150 g/mol. The Morgan fingerprint density at radius 2 is 1.00 bits per heavy atom. The first-order chi connectivity index (χ1) is 4.63. The average Bonchev–Trinajstić information content (AvgIpc) is 1.89. The van der Waals surface area contributed by atoms with E-state index in [4.69, 9.17) is 10.5 Å². The van der Waals surface area contributed by atoms with Gasteiger partial charge in [0.2, 0.25) is 0 Å². The Morgan fingerprint density at radius 1 is 0.800 bits per heavy atom. The molecule has 0 unspecified atom stereocenters. The van der Waals surface area contributed by atoms with Gasteiger partial charge in [-0.15, -0.1) is 0 Å². The van der Waals surface area contributed by atoms with E-state index >= 15 is 0 Å². The summed E-state index contributed by atoms with van der Waals surface area (Å²) in [5.41, 5.74) is 6.19. The van der Waals surface area contributed by atoms with E-state index in [-0.39, 0.29) is 0 Å². The van der Waals surface area contributed by atoms with Crippen molar-refractivity contribution in [2.75, 3.05) is 0 Å². The van der Waals surface area contributed by atoms with Crippen LogP contribution in [0.1, 0.15) is 27.7 Å². The molecule has 0 aliphatic carbocycles. The Balaban J connectivity index is 0. The molecule has 0 aromatic rings. The van der Waals surface area contributed by atoms with Crippen LogP contribution < -0.4 is 10.9 Å². The normalized spacial score (nSPS) is 9.60. The summed E-state index contributed by atoms with van der Waals surface area (Å²) in [6.07, 6.45) is 0. The van der Waals surface area contributed by atoms with Gasteiger partial charge in [-0.25, -0.2) is 0 Å². The van der Waals surface area contributed by atoms with E-state index in [2.05, 4.69) is 38.5 Å².